The predicted octanol–water partition coefficient (Wildman–Crippen LogP) is -0.332. The Morgan fingerprint density at radius 2 is 0.118 bits per heavy atom. The van der Waals surface area contributed by atoms with Gasteiger partial charge < -0.3 is 219 Å². The van der Waals surface area contributed by atoms with Gasteiger partial charge in [0.15, 0.2) is 0 Å². The molecular formula is C90H183NO45. The van der Waals surface area contributed by atoms with Crippen molar-refractivity contribution >= 4 is 0 Å². The number of hydrogen-bond acceptors (Lipinski definition) is 46. The average Bonchev–Trinajstić information content (AvgIpc) is 1.10. The summed E-state index contributed by atoms with van der Waals surface area (Å²) in [4.78, 5) is 0. The molecule has 3 N–H and O–H groups in total. The SMILES string of the molecule is NCCOCCOCCOCCOCCOCCOCCOCCOCCOCCOCCOCCOCCOCCOCCOCCOCCOCCOCCOCCOCCOCCOCCOCCOCCOCCOCCOCCOCCOCCOCCOCCOCCOCCOCCOCCOCCOCCOCCOCCOCCOCCOCCOCCOCCO. The van der Waals surface area contributed by atoms with Crippen molar-refractivity contribution in [1.82, 2.24) is 0 Å². The third-order valence-electron chi connectivity index (χ3n) is 16.5. The summed E-state index contributed by atoms with van der Waals surface area (Å²) in [7, 11) is 0. The molecule has 0 aliphatic rings. The summed E-state index contributed by atoms with van der Waals surface area (Å²) < 4.78 is 242. The van der Waals surface area contributed by atoms with Gasteiger partial charge in [-0.3, -0.25) is 0 Å². The number of ether oxygens (including phenoxy) is 44. The van der Waals surface area contributed by atoms with Crippen molar-refractivity contribution in [3.8, 4) is 0 Å². The van der Waals surface area contributed by atoms with Crippen LogP contribution in [0.1, 0.15) is 0 Å². The summed E-state index contributed by atoms with van der Waals surface area (Å²) in [5.41, 5.74) is 5.36. The van der Waals surface area contributed by atoms with Gasteiger partial charge in [0.1, 0.15) is 0 Å². The molecule has 0 saturated carbocycles. The fourth-order valence-electron chi connectivity index (χ4n) is 9.71. The highest BCUT2D eigenvalue weighted by Gasteiger charge is 2.06. The molecule has 0 aliphatic carbocycles. The molecule has 0 amide bonds. The minimum Gasteiger partial charge on any atom is -0.394 e. The molecule has 0 heterocycles. The largest absolute Gasteiger partial charge is 0.394 e. The Kier molecular flexibility index (Phi) is 131. The second-order valence-electron chi connectivity index (χ2n) is 27.5. The van der Waals surface area contributed by atoms with Gasteiger partial charge >= 0.3 is 0 Å². The van der Waals surface area contributed by atoms with Crippen molar-refractivity contribution in [1.29, 1.82) is 0 Å². The van der Waals surface area contributed by atoms with E-state index in [1.807, 2.05) is 0 Å². The molecule has 0 fully saturated rings. The van der Waals surface area contributed by atoms with Crippen LogP contribution in [0.4, 0.5) is 0 Å². The second kappa shape index (κ2) is 133. The summed E-state index contributed by atoms with van der Waals surface area (Å²) in [6, 6.07) is 0. The van der Waals surface area contributed by atoms with Crippen LogP contribution in [-0.2, 0) is 208 Å². The summed E-state index contributed by atoms with van der Waals surface area (Å²) in [6.45, 7) is 42.8. The first-order valence-corrected chi connectivity index (χ1v) is 48.6. The van der Waals surface area contributed by atoms with Gasteiger partial charge in [-0.1, -0.05) is 0 Å². The summed E-state index contributed by atoms with van der Waals surface area (Å²) >= 11 is 0. The molecule has 0 saturated heterocycles. The highest BCUT2D eigenvalue weighted by molar-refractivity contribution is 4.49. The standard InChI is InChI=1S/C90H183NO45/c91-1-3-93-5-7-95-9-11-97-13-15-99-17-19-101-21-23-103-25-27-105-29-31-107-33-35-109-37-39-111-41-43-113-45-47-115-49-51-117-53-55-119-57-59-121-61-63-123-65-67-125-69-71-127-73-75-129-77-79-131-81-83-133-85-87-135-89-90-136-88-86-134-84-82-132-80-78-130-76-74-128-72-70-126-68-66-124-64-62-122-60-58-120-56-54-118-52-50-116-48-46-114-44-42-112-40-38-110-36-34-108-32-30-106-28-26-104-24-22-102-20-18-100-16-14-98-12-10-96-8-6-94-4-2-92/h92H,1-91H2. The normalized spacial score (nSPS) is 11.9. The maximum atomic E-state index is 8.63. The van der Waals surface area contributed by atoms with Crippen LogP contribution in [0.25, 0.3) is 0 Å². The van der Waals surface area contributed by atoms with E-state index < -0.39 is 0 Å². The molecule has 136 heavy (non-hydrogen) atoms. The average molecular weight is 2000 g/mol. The lowest BCUT2D eigenvalue weighted by atomic mass is 10.6. The van der Waals surface area contributed by atoms with Crippen molar-refractivity contribution < 1.29 is 214 Å². The Balaban J connectivity index is 3.10. The number of rotatable bonds is 133. The minimum atomic E-state index is 0.0143. The fraction of sp³-hybridized carbons (Fsp3) is 1.00. The van der Waals surface area contributed by atoms with Crippen LogP contribution in [0.2, 0.25) is 0 Å². The third-order valence-corrected chi connectivity index (χ3v) is 16.5. The maximum Gasteiger partial charge on any atom is 0.0701 e. The Hall–Kier alpha value is -1.84. The van der Waals surface area contributed by atoms with Crippen molar-refractivity contribution in [3.05, 3.63) is 0 Å². The van der Waals surface area contributed by atoms with E-state index in [4.69, 9.17) is 219 Å². The Bertz CT molecular complexity index is 1740. The van der Waals surface area contributed by atoms with Crippen LogP contribution < -0.4 is 5.73 Å². The van der Waals surface area contributed by atoms with E-state index in [0.29, 0.717) is 588 Å². The van der Waals surface area contributed by atoms with E-state index in [9.17, 15) is 0 Å². The zero-order chi connectivity index (χ0) is 96.8. The van der Waals surface area contributed by atoms with Crippen LogP contribution in [0.15, 0.2) is 0 Å². The van der Waals surface area contributed by atoms with E-state index in [0.717, 1.165) is 0 Å². The highest BCUT2D eigenvalue weighted by atomic mass is 16.7. The molecule has 0 aromatic heterocycles. The van der Waals surface area contributed by atoms with Gasteiger partial charge in [0.25, 0.3) is 0 Å². The van der Waals surface area contributed by atoms with E-state index in [-0.39, 0.29) is 6.61 Å². The molecule has 46 nitrogen and oxygen atoms in total. The zero-order valence-corrected chi connectivity index (χ0v) is 82.6. The van der Waals surface area contributed by atoms with Crippen LogP contribution in [0, 0.1) is 0 Å². The predicted molar refractivity (Wildman–Crippen MR) is 492 cm³/mol. The molecule has 0 atom stereocenters. The maximum absolute atomic E-state index is 8.63. The number of hydrogen-bond donors (Lipinski definition) is 2. The van der Waals surface area contributed by atoms with Gasteiger partial charge in [0, 0.05) is 6.54 Å². The number of aliphatic hydroxyl groups excluding tert-OH is 1. The Morgan fingerprint density at radius 1 is 0.0735 bits per heavy atom. The van der Waals surface area contributed by atoms with Crippen molar-refractivity contribution in [2.75, 3.05) is 595 Å². The van der Waals surface area contributed by atoms with E-state index in [2.05, 4.69) is 0 Å². The van der Waals surface area contributed by atoms with Gasteiger partial charge in [-0.15, -0.1) is 0 Å². The molecule has 0 unspecified atom stereocenters. The van der Waals surface area contributed by atoms with Crippen LogP contribution in [0.5, 0.6) is 0 Å². The van der Waals surface area contributed by atoms with Gasteiger partial charge in [0.05, 0.1) is 588 Å². The highest BCUT2D eigenvalue weighted by Crippen LogP contribution is 1.97. The Morgan fingerprint density at radius 3 is 0.162 bits per heavy atom. The monoisotopic (exact) mass is 2000 g/mol. The van der Waals surface area contributed by atoms with E-state index in [1.165, 1.54) is 0 Å². The molecule has 46 heteroatoms. The molecule has 0 aromatic carbocycles. The van der Waals surface area contributed by atoms with Crippen molar-refractivity contribution in [2.45, 2.75) is 0 Å². The second-order valence-corrected chi connectivity index (χ2v) is 27.5. The number of aliphatic hydroxyl groups is 1. The first kappa shape index (κ1) is 134. The molecule has 0 rings (SSSR count). The lowest BCUT2D eigenvalue weighted by molar-refractivity contribution is -0.0329. The molecule has 0 aliphatic heterocycles. The fourth-order valence-corrected chi connectivity index (χ4v) is 9.71. The first-order valence-electron chi connectivity index (χ1n) is 48.6. The first-order chi connectivity index (χ1) is 67.9. The summed E-state index contributed by atoms with van der Waals surface area (Å²) in [5, 5.41) is 8.63. The van der Waals surface area contributed by atoms with Crippen molar-refractivity contribution in [3.63, 3.8) is 0 Å². The quantitative estimate of drug-likeness (QED) is 0.0736. The van der Waals surface area contributed by atoms with Gasteiger partial charge in [0.2, 0.25) is 0 Å². The molecule has 0 spiro atoms. The van der Waals surface area contributed by atoms with E-state index in [1.54, 1.807) is 0 Å². The van der Waals surface area contributed by atoms with Crippen LogP contribution in [0.3, 0.4) is 0 Å². The van der Waals surface area contributed by atoms with Crippen LogP contribution >= 0.6 is 0 Å². The molecule has 0 bridgehead atoms. The molecular weight excluding hydrogens is 1810 g/mol. The van der Waals surface area contributed by atoms with Gasteiger partial charge in [-0.05, 0) is 0 Å². The smallest absolute Gasteiger partial charge is 0.0701 e. The topological polar surface area (TPSA) is 452 Å². The van der Waals surface area contributed by atoms with Crippen molar-refractivity contribution in [2.24, 2.45) is 5.73 Å². The minimum absolute atomic E-state index is 0.0143. The Labute approximate surface area is 810 Å². The van der Waals surface area contributed by atoms with Crippen LogP contribution in [-0.4, -0.2) is 600 Å². The molecule has 0 aromatic rings. The lowest BCUT2D eigenvalue weighted by Gasteiger charge is -2.09. The van der Waals surface area contributed by atoms with Gasteiger partial charge in [-0.25, -0.2) is 0 Å². The number of nitrogens with two attached hydrogens (primary N) is 1. The zero-order valence-electron chi connectivity index (χ0n) is 82.6. The molecule has 0 radical (unpaired) electrons. The summed E-state index contributed by atoms with van der Waals surface area (Å²) in [5.74, 6) is 0. The van der Waals surface area contributed by atoms with E-state index >= 15 is 0 Å². The lowest BCUT2D eigenvalue weighted by Crippen LogP contribution is -2.16. The van der Waals surface area contributed by atoms with Gasteiger partial charge in [-0.2, -0.15) is 0 Å². The third kappa shape index (κ3) is 132. The molecule has 818 valence electrons. The summed E-state index contributed by atoms with van der Waals surface area (Å²) in [6.07, 6.45) is 0.